The largest absolute Gasteiger partial charge is 0.322 e. The van der Waals surface area contributed by atoms with Crippen molar-refractivity contribution in [3.8, 4) is 0 Å². The molecule has 1 aliphatic carbocycles. The number of aromatic nitrogens is 1. The minimum absolute atomic E-state index is 0.110. The number of amides is 1. The highest BCUT2D eigenvalue weighted by atomic mass is 35.5. The molecule has 1 aromatic rings. The third-order valence-corrected chi connectivity index (χ3v) is 4.06. The van der Waals surface area contributed by atoms with Crippen molar-refractivity contribution in [2.24, 2.45) is 0 Å². The Morgan fingerprint density at radius 3 is 2.65 bits per heavy atom. The van der Waals surface area contributed by atoms with Gasteiger partial charge < -0.3 is 10.6 Å². The maximum absolute atomic E-state index is 12.1. The highest BCUT2D eigenvalue weighted by Gasteiger charge is 2.20. The Bertz CT molecular complexity index is 475. The molecule has 0 aliphatic heterocycles. The Morgan fingerprint density at radius 2 is 2.00 bits per heavy atom. The van der Waals surface area contributed by atoms with Crippen molar-refractivity contribution in [2.45, 2.75) is 51.1 Å². The van der Waals surface area contributed by atoms with Gasteiger partial charge in [-0.15, -0.1) is 0 Å². The number of nitrogens with one attached hydrogen (secondary N) is 2. The van der Waals surface area contributed by atoms with E-state index in [9.17, 15) is 4.79 Å². The van der Waals surface area contributed by atoms with Crippen LogP contribution in [-0.2, 0) is 4.79 Å². The lowest BCUT2D eigenvalue weighted by Gasteiger charge is -2.26. The van der Waals surface area contributed by atoms with Crippen molar-refractivity contribution in [3.05, 3.63) is 22.4 Å². The van der Waals surface area contributed by atoms with Crippen LogP contribution in [-0.4, -0.2) is 23.0 Å². The lowest BCUT2D eigenvalue weighted by atomic mass is 9.95. The van der Waals surface area contributed by atoms with Gasteiger partial charge in [0, 0.05) is 6.04 Å². The molecule has 2 rings (SSSR count). The summed E-state index contributed by atoms with van der Waals surface area (Å²) in [6.07, 6.45) is 6.05. The van der Waals surface area contributed by atoms with Crippen LogP contribution in [0.3, 0.4) is 0 Å². The zero-order valence-corrected chi connectivity index (χ0v) is 13.0. The number of rotatable bonds is 4. The topological polar surface area (TPSA) is 54.0 Å². The van der Waals surface area contributed by atoms with Gasteiger partial charge in [-0.05, 0) is 31.9 Å². The molecule has 0 radical (unpaired) electrons. The van der Waals surface area contributed by atoms with Gasteiger partial charge in [0.15, 0.2) is 5.15 Å². The first-order chi connectivity index (χ1) is 9.56. The number of carbonyl (C=O) groups excluding carboxylic acids is 1. The van der Waals surface area contributed by atoms with Gasteiger partial charge in [-0.25, -0.2) is 4.98 Å². The molecule has 0 spiro atoms. The van der Waals surface area contributed by atoms with Gasteiger partial charge >= 0.3 is 0 Å². The first kappa shape index (κ1) is 15.5. The molecule has 2 N–H and O–H groups in total. The molecule has 1 amide bonds. The molecule has 1 aromatic heterocycles. The van der Waals surface area contributed by atoms with E-state index in [1.54, 1.807) is 12.1 Å². The summed E-state index contributed by atoms with van der Waals surface area (Å²) in [4.78, 5) is 16.0. The molecule has 0 unspecified atom stereocenters. The highest BCUT2D eigenvalue weighted by molar-refractivity contribution is 6.34. The van der Waals surface area contributed by atoms with Gasteiger partial charge in [0.1, 0.15) is 5.15 Å². The predicted molar refractivity (Wildman–Crippen MR) is 82.4 cm³/mol. The van der Waals surface area contributed by atoms with E-state index < -0.39 is 0 Å². The number of halogens is 2. The summed E-state index contributed by atoms with van der Waals surface area (Å²) in [7, 11) is 0. The minimum Gasteiger partial charge on any atom is -0.322 e. The fraction of sp³-hybridized carbons (Fsp3) is 0.571. The van der Waals surface area contributed by atoms with Gasteiger partial charge in [-0.1, -0.05) is 42.5 Å². The normalized spacial score (nSPS) is 17.8. The molecule has 1 atom stereocenters. The summed E-state index contributed by atoms with van der Waals surface area (Å²) in [5.41, 5.74) is 0.485. The third kappa shape index (κ3) is 4.33. The van der Waals surface area contributed by atoms with Crippen molar-refractivity contribution in [1.29, 1.82) is 0 Å². The summed E-state index contributed by atoms with van der Waals surface area (Å²) in [6, 6.07) is 3.43. The summed E-state index contributed by atoms with van der Waals surface area (Å²) in [5, 5.41) is 6.65. The number of hydrogen-bond acceptors (Lipinski definition) is 3. The minimum atomic E-state index is -0.259. The Balaban J connectivity index is 1.89. The van der Waals surface area contributed by atoms with Crippen molar-refractivity contribution >= 4 is 34.8 Å². The fourth-order valence-corrected chi connectivity index (χ4v) is 2.84. The molecule has 0 saturated heterocycles. The van der Waals surface area contributed by atoms with Gasteiger partial charge in [0.25, 0.3) is 0 Å². The van der Waals surface area contributed by atoms with E-state index in [4.69, 9.17) is 23.2 Å². The van der Waals surface area contributed by atoms with Crippen molar-refractivity contribution < 1.29 is 4.79 Å². The lowest BCUT2D eigenvalue weighted by molar-refractivity contribution is -0.118. The van der Waals surface area contributed by atoms with Crippen LogP contribution in [0, 0.1) is 0 Å². The molecule has 1 heterocycles. The molecule has 20 heavy (non-hydrogen) atoms. The molecule has 1 fully saturated rings. The maximum Gasteiger partial charge on any atom is 0.241 e. The number of hydrogen-bond donors (Lipinski definition) is 2. The van der Waals surface area contributed by atoms with E-state index in [0.29, 0.717) is 16.9 Å². The van der Waals surface area contributed by atoms with Crippen molar-refractivity contribution in [1.82, 2.24) is 10.3 Å². The number of carbonyl (C=O) groups is 1. The molecule has 0 aromatic carbocycles. The van der Waals surface area contributed by atoms with Crippen LogP contribution in [0.5, 0.6) is 0 Å². The molecule has 110 valence electrons. The van der Waals surface area contributed by atoms with Gasteiger partial charge in [0.05, 0.1) is 11.7 Å². The van der Waals surface area contributed by atoms with E-state index in [-0.39, 0.29) is 17.1 Å². The summed E-state index contributed by atoms with van der Waals surface area (Å²) < 4.78 is 0. The molecule has 1 saturated carbocycles. The molecular formula is C14H19Cl2N3O. The van der Waals surface area contributed by atoms with Crippen LogP contribution in [0.4, 0.5) is 5.69 Å². The zero-order valence-electron chi connectivity index (χ0n) is 11.5. The fourth-order valence-electron chi connectivity index (χ4n) is 2.44. The van der Waals surface area contributed by atoms with Gasteiger partial charge in [0.2, 0.25) is 5.91 Å². The molecular weight excluding hydrogens is 297 g/mol. The monoisotopic (exact) mass is 315 g/mol. The van der Waals surface area contributed by atoms with Crippen LogP contribution in [0.25, 0.3) is 0 Å². The van der Waals surface area contributed by atoms with Crippen LogP contribution < -0.4 is 10.6 Å². The third-order valence-electron chi connectivity index (χ3n) is 3.56. The quantitative estimate of drug-likeness (QED) is 0.834. The van der Waals surface area contributed by atoms with Crippen LogP contribution in [0.1, 0.15) is 39.0 Å². The summed E-state index contributed by atoms with van der Waals surface area (Å²) in [6.45, 7) is 1.86. The molecule has 1 aliphatic rings. The van der Waals surface area contributed by atoms with Crippen LogP contribution in [0.15, 0.2) is 12.1 Å². The second-order valence-electron chi connectivity index (χ2n) is 5.18. The number of nitrogens with zero attached hydrogens (tertiary/aromatic N) is 1. The first-order valence-corrected chi connectivity index (χ1v) is 7.71. The van der Waals surface area contributed by atoms with Gasteiger partial charge in [-0.3, -0.25) is 4.79 Å². The van der Waals surface area contributed by atoms with E-state index in [2.05, 4.69) is 15.6 Å². The summed E-state index contributed by atoms with van der Waals surface area (Å²) >= 11 is 11.7. The van der Waals surface area contributed by atoms with E-state index >= 15 is 0 Å². The number of pyridine rings is 1. The molecule has 0 bridgehead atoms. The van der Waals surface area contributed by atoms with Gasteiger partial charge in [-0.2, -0.15) is 0 Å². The highest BCUT2D eigenvalue weighted by Crippen LogP contribution is 2.22. The van der Waals surface area contributed by atoms with Crippen molar-refractivity contribution in [2.75, 3.05) is 5.32 Å². The molecule has 4 nitrogen and oxygen atoms in total. The van der Waals surface area contributed by atoms with Crippen LogP contribution in [0.2, 0.25) is 10.3 Å². The number of anilines is 1. The Hall–Kier alpha value is -0.840. The lowest BCUT2D eigenvalue weighted by Crippen LogP contribution is -2.44. The van der Waals surface area contributed by atoms with Crippen LogP contribution >= 0.6 is 23.2 Å². The summed E-state index contributed by atoms with van der Waals surface area (Å²) in [5.74, 6) is -0.110. The second kappa shape index (κ2) is 7.25. The second-order valence-corrected chi connectivity index (χ2v) is 5.93. The standard InChI is InChI=1S/C14H19Cl2N3O/c1-9(17-10-5-3-2-4-6-10)14(20)18-11-7-8-12(15)19-13(11)16/h7-10,17H,2-6H2,1H3,(H,18,20)/t9-/m1/s1. The Morgan fingerprint density at radius 1 is 1.30 bits per heavy atom. The maximum atomic E-state index is 12.1. The smallest absolute Gasteiger partial charge is 0.241 e. The van der Waals surface area contributed by atoms with E-state index in [0.717, 1.165) is 12.8 Å². The van der Waals surface area contributed by atoms with Crippen molar-refractivity contribution in [3.63, 3.8) is 0 Å². The Kier molecular flexibility index (Phi) is 5.64. The Labute approximate surface area is 129 Å². The predicted octanol–water partition coefficient (Wildman–Crippen LogP) is 3.64. The zero-order chi connectivity index (χ0) is 14.5. The first-order valence-electron chi connectivity index (χ1n) is 6.95. The average Bonchev–Trinajstić information content (AvgIpc) is 2.43. The SMILES string of the molecule is C[C@@H](NC1CCCCC1)C(=O)Nc1ccc(Cl)nc1Cl. The molecule has 6 heteroatoms. The van der Waals surface area contributed by atoms with E-state index in [1.807, 2.05) is 6.92 Å². The van der Waals surface area contributed by atoms with E-state index in [1.165, 1.54) is 19.3 Å². The average molecular weight is 316 g/mol.